The number of pyridine rings is 2. The number of hydrogen-bond acceptors (Lipinski definition) is 16. The molecule has 2 aliphatic carbocycles. The summed E-state index contributed by atoms with van der Waals surface area (Å²) in [4.78, 5) is 37.3. The van der Waals surface area contributed by atoms with E-state index in [1.165, 1.54) is 62.2 Å². The molecular weight excluding hydrogens is 1200 g/mol. The van der Waals surface area contributed by atoms with Crippen molar-refractivity contribution in [2.45, 2.75) is 129 Å². The van der Waals surface area contributed by atoms with Gasteiger partial charge in [-0.1, -0.05) is 39.3 Å². The predicted molar refractivity (Wildman–Crippen MR) is 337 cm³/mol. The Labute approximate surface area is 519 Å². The van der Waals surface area contributed by atoms with E-state index in [2.05, 4.69) is 85.5 Å². The summed E-state index contributed by atoms with van der Waals surface area (Å²) < 4.78 is 81.1. The molecule has 2 amide bonds. The summed E-state index contributed by atoms with van der Waals surface area (Å²) in [5.41, 5.74) is 1.57. The van der Waals surface area contributed by atoms with Crippen molar-refractivity contribution in [3.63, 3.8) is 0 Å². The Bertz CT molecular complexity index is 3540. The predicted octanol–water partition coefficient (Wildman–Crippen LogP) is 10.1. The Morgan fingerprint density at radius 2 is 1.11 bits per heavy atom. The largest absolute Gasteiger partial charge is 0.497 e. The first-order valence-corrected chi connectivity index (χ1v) is 30.4. The van der Waals surface area contributed by atoms with Crippen molar-refractivity contribution >= 4 is 88.7 Å². The highest BCUT2D eigenvalue weighted by Crippen LogP contribution is 2.46. The number of anilines is 1. The zero-order valence-corrected chi connectivity index (χ0v) is 54.8. The summed E-state index contributed by atoms with van der Waals surface area (Å²) in [5, 5.41) is 12.1. The molecular formula is C58H80Cl2N10O10S4. The molecule has 20 nitrogen and oxygen atoms in total. The van der Waals surface area contributed by atoms with Gasteiger partial charge in [-0.3, -0.25) is 9.59 Å². The third-order valence-electron chi connectivity index (χ3n) is 15.0. The molecule has 26 heteroatoms. The van der Waals surface area contributed by atoms with Crippen LogP contribution in [-0.4, -0.2) is 110 Å². The van der Waals surface area contributed by atoms with Gasteiger partial charge in [0.2, 0.25) is 11.8 Å². The number of rotatable bonds is 17. The maximum absolute atomic E-state index is 13.6. The van der Waals surface area contributed by atoms with Crippen LogP contribution in [0.5, 0.6) is 23.3 Å². The van der Waals surface area contributed by atoms with E-state index in [1.807, 2.05) is 4.72 Å². The molecule has 4 aromatic heterocycles. The standard InChI is InChI=1S/C29H37N5O5S.C22H23ClN4O5S.C7H15N.ClH.2H2S/c1-19-16-28(3,4)33(17-19)26-22(27(35)32-40(36,37)23-9-7-21(38-6)15-20(23)2)8-10-24(30-26)34-14-11-25(31-34)39-18-29(5)12-13-29;1-14-12-15(31-3)4-6-17(14)33(29,30)26-21(28)16-5-7-18(24-20(16)23)27-11-8-19(25-27)32-13-22(2)9-10-22;1-6-4-7(2,3)8-5-6;;;/h7-11,14-15,19H,12-13,16-18H2,1-6H3,(H,32,35);4-8,11-12H,9-10,13H2,1-3H3,(H,26,28);6,8H,4-5H2,1-3H3;1H;2*1H2/t19-;;6-;;;/m0.0.../s1. The number of ether oxygens (including phenoxy) is 4. The minimum atomic E-state index is -4.15. The van der Waals surface area contributed by atoms with Gasteiger partial charge in [0.1, 0.15) is 22.5 Å². The maximum Gasteiger partial charge on any atom is 0.268 e. The number of aromatic nitrogens is 6. The van der Waals surface area contributed by atoms with Crippen molar-refractivity contribution in [3.05, 3.63) is 113 Å². The summed E-state index contributed by atoms with van der Waals surface area (Å²) in [6.45, 7) is 23.9. The first-order chi connectivity index (χ1) is 38.0. The summed E-state index contributed by atoms with van der Waals surface area (Å²) in [6, 6.07) is 18.7. The van der Waals surface area contributed by atoms with Crippen LogP contribution in [0, 0.1) is 36.5 Å². The first kappa shape index (κ1) is 69.0. The number of halogens is 2. The lowest BCUT2D eigenvalue weighted by atomic mass is 9.97. The fraction of sp³-hybridized carbons (Fsp3) is 0.483. The van der Waals surface area contributed by atoms with E-state index in [4.69, 9.17) is 35.5 Å². The molecule has 4 fully saturated rings. The summed E-state index contributed by atoms with van der Waals surface area (Å²) in [7, 11) is -5.29. The molecule has 6 heterocycles. The van der Waals surface area contributed by atoms with Gasteiger partial charge in [-0.2, -0.15) is 27.0 Å². The van der Waals surface area contributed by atoms with Gasteiger partial charge in [-0.15, -0.1) is 22.6 Å². The van der Waals surface area contributed by atoms with Crippen molar-refractivity contribution in [2.24, 2.45) is 22.7 Å². The quantitative estimate of drug-likeness (QED) is 0.0720. The van der Waals surface area contributed by atoms with E-state index in [9.17, 15) is 26.4 Å². The van der Waals surface area contributed by atoms with E-state index in [-0.39, 0.29) is 81.8 Å². The van der Waals surface area contributed by atoms with Crippen molar-refractivity contribution in [1.82, 2.24) is 44.3 Å². The average molecular weight is 1280 g/mol. The van der Waals surface area contributed by atoms with E-state index >= 15 is 0 Å². The molecule has 2 aromatic carbocycles. The van der Waals surface area contributed by atoms with Crippen LogP contribution in [0.2, 0.25) is 5.15 Å². The fourth-order valence-corrected chi connectivity index (χ4v) is 12.5. The SMILES string of the molecule is COc1ccc(S(=O)(=O)NC(=O)c2ccc(-n3ccc(OCC4(C)CC4)n3)nc2Cl)c(C)c1.COc1ccc(S(=O)(=O)NC(=O)c2ccc(-n3ccc(OCC4(C)CC4)n3)nc2N2C[C@@H](C)CC2(C)C)c(C)c1.C[C@@H]1CNC(C)(C)C1.Cl.S.S. The number of amides is 2. The molecule has 4 aliphatic rings. The monoisotopic (exact) mass is 1270 g/mol. The number of aryl methyl sites for hydroxylation is 2. The second-order valence-electron chi connectivity index (χ2n) is 23.9. The number of carbonyl (C=O) groups is 2. The molecule has 0 unspecified atom stereocenters. The van der Waals surface area contributed by atoms with E-state index in [1.54, 1.807) is 73.4 Å². The van der Waals surface area contributed by atoms with E-state index < -0.39 is 31.9 Å². The van der Waals surface area contributed by atoms with Crippen molar-refractivity contribution in [1.29, 1.82) is 0 Å². The molecule has 2 aliphatic heterocycles. The van der Waals surface area contributed by atoms with Gasteiger partial charge in [-0.25, -0.2) is 45.6 Å². The topological polar surface area (TPSA) is 240 Å². The first-order valence-electron chi connectivity index (χ1n) is 27.0. The number of sulfonamides is 2. The van der Waals surface area contributed by atoms with Crippen LogP contribution < -0.4 is 38.6 Å². The van der Waals surface area contributed by atoms with Gasteiger partial charge in [0.05, 0.1) is 48.4 Å². The molecule has 10 rings (SSSR count). The van der Waals surface area contributed by atoms with Gasteiger partial charge in [-0.05, 0) is 170 Å². The van der Waals surface area contributed by atoms with Gasteiger partial charge in [0, 0.05) is 53.0 Å². The molecule has 0 bridgehead atoms. The third kappa shape index (κ3) is 17.2. The fourth-order valence-electron chi connectivity index (χ4n) is 9.90. The Kier molecular flexibility index (Phi) is 22.4. The normalized spacial score (nSPS) is 18.3. The minimum absolute atomic E-state index is 0. The molecule has 0 radical (unpaired) electrons. The smallest absolute Gasteiger partial charge is 0.268 e. The summed E-state index contributed by atoms with van der Waals surface area (Å²) in [6.07, 6.45) is 10.3. The van der Waals surface area contributed by atoms with Crippen LogP contribution in [0.15, 0.2) is 95.0 Å². The van der Waals surface area contributed by atoms with Crippen LogP contribution >= 0.6 is 51.0 Å². The minimum Gasteiger partial charge on any atom is -0.497 e. The number of nitrogens with zero attached hydrogens (tertiary/aromatic N) is 7. The number of hydrogen-bond donors (Lipinski definition) is 3. The Hall–Kier alpha value is -5.76. The highest BCUT2D eigenvalue weighted by molar-refractivity contribution is 7.90. The van der Waals surface area contributed by atoms with Gasteiger partial charge in [0.15, 0.2) is 11.6 Å². The van der Waals surface area contributed by atoms with E-state index in [0.29, 0.717) is 83.1 Å². The lowest BCUT2D eigenvalue weighted by Gasteiger charge is -2.34. The summed E-state index contributed by atoms with van der Waals surface area (Å²) in [5.74, 6) is 2.89. The zero-order valence-electron chi connectivity index (χ0n) is 49.6. The van der Waals surface area contributed by atoms with Gasteiger partial charge in [0.25, 0.3) is 31.9 Å². The second-order valence-corrected chi connectivity index (χ2v) is 27.5. The molecule has 84 heavy (non-hydrogen) atoms. The summed E-state index contributed by atoms with van der Waals surface area (Å²) >= 11 is 6.20. The lowest BCUT2D eigenvalue weighted by molar-refractivity contribution is 0.0972. The molecule has 460 valence electrons. The lowest BCUT2D eigenvalue weighted by Crippen LogP contribution is -2.41. The Morgan fingerprint density at radius 3 is 1.48 bits per heavy atom. The Morgan fingerprint density at radius 1 is 0.655 bits per heavy atom. The maximum atomic E-state index is 13.6. The van der Waals surface area contributed by atoms with Crippen LogP contribution in [-0.2, 0) is 20.0 Å². The Balaban J connectivity index is 0.000000266. The molecule has 0 spiro atoms. The molecule has 2 saturated heterocycles. The highest BCUT2D eigenvalue weighted by Gasteiger charge is 2.41. The third-order valence-corrected chi connectivity index (χ3v) is 18.3. The van der Waals surface area contributed by atoms with E-state index in [0.717, 1.165) is 38.0 Å². The van der Waals surface area contributed by atoms with Crippen molar-refractivity contribution in [2.75, 3.05) is 45.4 Å². The van der Waals surface area contributed by atoms with Gasteiger partial charge >= 0.3 is 0 Å². The second kappa shape index (κ2) is 27.3. The van der Waals surface area contributed by atoms with Crippen molar-refractivity contribution in [3.8, 4) is 34.9 Å². The van der Waals surface area contributed by atoms with Crippen molar-refractivity contribution < 1.29 is 45.4 Å². The highest BCUT2D eigenvalue weighted by atomic mass is 35.5. The van der Waals surface area contributed by atoms with Crippen LogP contribution in [0.4, 0.5) is 5.82 Å². The number of carbonyl (C=O) groups excluding carboxylic acids is 2. The van der Waals surface area contributed by atoms with Crippen LogP contribution in [0.1, 0.15) is 126 Å². The number of methoxy groups -OCH3 is 2. The van der Waals surface area contributed by atoms with Crippen LogP contribution in [0.3, 0.4) is 0 Å². The molecule has 3 N–H and O–H groups in total. The molecule has 6 aromatic rings. The average Bonchev–Trinajstić information content (AvgIpc) is 4.15. The number of nitrogens with one attached hydrogen (secondary N) is 3. The van der Waals surface area contributed by atoms with Gasteiger partial charge < -0.3 is 29.2 Å². The number of benzene rings is 2. The molecule has 2 atom stereocenters. The van der Waals surface area contributed by atoms with Crippen LogP contribution in [0.25, 0.3) is 11.6 Å². The zero-order chi connectivity index (χ0) is 58.9. The molecule has 2 saturated carbocycles.